The van der Waals surface area contributed by atoms with E-state index in [0.717, 1.165) is 19.4 Å². The maximum atomic E-state index is 12.0. The van der Waals surface area contributed by atoms with Gasteiger partial charge in [0.1, 0.15) is 0 Å². The van der Waals surface area contributed by atoms with Crippen LogP contribution >= 0.6 is 0 Å². The van der Waals surface area contributed by atoms with Crippen LogP contribution in [0, 0.1) is 29.6 Å². The van der Waals surface area contributed by atoms with Gasteiger partial charge in [0.15, 0.2) is 0 Å². The quantitative estimate of drug-likeness (QED) is 0.311. The Morgan fingerprint density at radius 1 is 0.688 bits per heavy atom. The van der Waals surface area contributed by atoms with E-state index in [2.05, 4.69) is 34.6 Å². The number of ether oxygens (including phenoxy) is 1. The van der Waals surface area contributed by atoms with Gasteiger partial charge in [-0.1, -0.05) is 82.6 Å². The first-order valence-corrected chi connectivity index (χ1v) is 11.7. The first-order chi connectivity index (χ1) is 14.2. The summed E-state index contributed by atoms with van der Waals surface area (Å²) in [5, 5.41) is 0. The molecular formula is C25H54F6O. The van der Waals surface area contributed by atoms with E-state index in [1.54, 1.807) is 34.8 Å². The topological polar surface area (TPSA) is 9.23 Å². The fraction of sp³-hybridized carbons (Fsp3) is 1.00. The second kappa shape index (κ2) is 26.8. The van der Waals surface area contributed by atoms with Gasteiger partial charge in [-0.25, -0.2) is 26.3 Å². The van der Waals surface area contributed by atoms with Crippen LogP contribution in [0.3, 0.4) is 0 Å². The lowest BCUT2D eigenvalue weighted by Crippen LogP contribution is -2.12. The van der Waals surface area contributed by atoms with Crippen molar-refractivity contribution in [2.45, 2.75) is 121 Å². The molecule has 0 bridgehead atoms. The van der Waals surface area contributed by atoms with E-state index in [9.17, 15) is 26.3 Å². The Morgan fingerprint density at radius 3 is 1.03 bits per heavy atom. The Labute approximate surface area is 196 Å². The molecule has 0 atom stereocenters. The number of hydrogen-bond acceptors (Lipinski definition) is 1. The summed E-state index contributed by atoms with van der Waals surface area (Å²) in [6.07, 6.45) is -2.95. The van der Waals surface area contributed by atoms with Crippen LogP contribution in [0.25, 0.3) is 0 Å². The third kappa shape index (κ3) is 78.2. The van der Waals surface area contributed by atoms with Crippen LogP contribution in [0.1, 0.15) is 102 Å². The second-order valence-corrected chi connectivity index (χ2v) is 9.92. The number of halogens is 6. The molecule has 0 N–H and O–H groups in total. The summed E-state index contributed by atoms with van der Waals surface area (Å²) in [6.45, 7) is 22.9. The lowest BCUT2D eigenvalue weighted by atomic mass is 10.1. The molecule has 0 aliphatic rings. The summed E-state index contributed by atoms with van der Waals surface area (Å²) in [5.74, 6) is -1.18. The lowest BCUT2D eigenvalue weighted by Gasteiger charge is -2.11. The van der Waals surface area contributed by atoms with Crippen molar-refractivity contribution in [2.24, 2.45) is 29.6 Å². The molecule has 0 spiro atoms. The van der Waals surface area contributed by atoms with E-state index in [0.29, 0.717) is 5.92 Å². The van der Waals surface area contributed by atoms with E-state index >= 15 is 0 Å². The molecule has 32 heavy (non-hydrogen) atoms. The fourth-order valence-corrected chi connectivity index (χ4v) is 1.41. The molecule has 0 saturated heterocycles. The van der Waals surface area contributed by atoms with Gasteiger partial charge in [-0.15, -0.1) is 0 Å². The second-order valence-electron chi connectivity index (χ2n) is 9.92. The Morgan fingerprint density at radius 2 is 1.03 bits per heavy atom. The number of rotatable bonds is 8. The maximum absolute atomic E-state index is 12.0. The van der Waals surface area contributed by atoms with Crippen LogP contribution in [0.2, 0.25) is 0 Å². The Kier molecular flexibility index (Phi) is 35.0. The molecular weight excluding hydrogens is 430 g/mol. The highest BCUT2D eigenvalue weighted by molar-refractivity contribution is 4.59. The highest BCUT2D eigenvalue weighted by Gasteiger charge is 2.21. The van der Waals surface area contributed by atoms with E-state index in [-0.39, 0.29) is 24.7 Å². The van der Waals surface area contributed by atoms with Gasteiger partial charge in [0, 0.05) is 32.5 Å². The lowest BCUT2D eigenvalue weighted by molar-refractivity contribution is 0.000968. The number of methoxy groups -OCH3 is 1. The molecule has 0 aromatic carbocycles. The van der Waals surface area contributed by atoms with Crippen LogP contribution in [-0.4, -0.2) is 32.5 Å². The zero-order chi connectivity index (χ0) is 27.1. The predicted octanol–water partition coefficient (Wildman–Crippen LogP) is 10.2. The normalized spacial score (nSPS) is 11.1. The smallest absolute Gasteiger partial charge is 0.245 e. The van der Waals surface area contributed by atoms with Crippen LogP contribution in [0.4, 0.5) is 26.3 Å². The van der Waals surface area contributed by atoms with Crippen molar-refractivity contribution in [2.75, 3.05) is 13.7 Å². The monoisotopic (exact) mass is 484 g/mol. The Hall–Kier alpha value is -0.460. The van der Waals surface area contributed by atoms with Crippen LogP contribution < -0.4 is 0 Å². The molecule has 1 nitrogen and oxygen atoms in total. The molecule has 0 aromatic rings. The molecule has 0 fully saturated rings. The fourth-order valence-electron chi connectivity index (χ4n) is 1.41. The summed E-state index contributed by atoms with van der Waals surface area (Å²) < 4.78 is 73.6. The van der Waals surface area contributed by atoms with Crippen molar-refractivity contribution in [1.29, 1.82) is 0 Å². The molecule has 0 unspecified atom stereocenters. The molecule has 0 rings (SSSR count). The Balaban J connectivity index is -0.0000000958. The molecule has 7 heteroatoms. The van der Waals surface area contributed by atoms with Crippen molar-refractivity contribution in [3.05, 3.63) is 0 Å². The summed E-state index contributed by atoms with van der Waals surface area (Å²) in [6, 6.07) is 0. The van der Waals surface area contributed by atoms with Crippen molar-refractivity contribution < 1.29 is 31.1 Å². The average Bonchev–Trinajstić information content (AvgIpc) is 2.53. The van der Waals surface area contributed by atoms with Gasteiger partial charge >= 0.3 is 0 Å². The summed E-state index contributed by atoms with van der Waals surface area (Å²) in [5.41, 5.74) is 0. The van der Waals surface area contributed by atoms with Gasteiger partial charge in [-0.2, -0.15) is 0 Å². The van der Waals surface area contributed by atoms with Crippen molar-refractivity contribution in [3.63, 3.8) is 0 Å². The molecule has 0 radical (unpaired) electrons. The van der Waals surface area contributed by atoms with Gasteiger partial charge in [-0.05, 0) is 30.6 Å². The van der Waals surface area contributed by atoms with Gasteiger partial charge in [0.05, 0.1) is 0 Å². The van der Waals surface area contributed by atoms with Gasteiger partial charge in [0.2, 0.25) is 18.8 Å². The SMILES string of the molecule is CC(C)C(F)F.CC(C)CC(C)(F)F.CC(C)CC(F)F.CCC(C)C.COCC(C)C. The van der Waals surface area contributed by atoms with E-state index in [4.69, 9.17) is 4.74 Å². The molecule has 0 aromatic heterocycles. The minimum Gasteiger partial charge on any atom is -0.384 e. The van der Waals surface area contributed by atoms with Crippen molar-refractivity contribution >= 4 is 0 Å². The average molecular weight is 485 g/mol. The van der Waals surface area contributed by atoms with Crippen LogP contribution in [0.5, 0.6) is 0 Å². The third-order valence-corrected chi connectivity index (χ3v) is 3.24. The van der Waals surface area contributed by atoms with Gasteiger partial charge in [0.25, 0.3) is 0 Å². The molecule has 0 saturated carbocycles. The summed E-state index contributed by atoms with van der Waals surface area (Å²) >= 11 is 0. The molecule has 0 aliphatic carbocycles. The molecule has 0 amide bonds. The number of hydrogen-bond donors (Lipinski definition) is 0. The molecule has 202 valence electrons. The van der Waals surface area contributed by atoms with Crippen LogP contribution in [-0.2, 0) is 4.74 Å². The third-order valence-electron chi connectivity index (χ3n) is 3.24. The van der Waals surface area contributed by atoms with Crippen molar-refractivity contribution in [1.82, 2.24) is 0 Å². The number of alkyl halides is 6. The van der Waals surface area contributed by atoms with E-state index in [1.165, 1.54) is 20.3 Å². The summed E-state index contributed by atoms with van der Waals surface area (Å²) in [4.78, 5) is 0. The zero-order valence-electron chi connectivity index (χ0n) is 23.0. The maximum Gasteiger partial charge on any atom is 0.245 e. The Bertz CT molecular complexity index is 313. The highest BCUT2D eigenvalue weighted by Crippen LogP contribution is 2.21. The standard InChI is InChI=1S/C6H12F2.C5H10F2.C5H12O.C5H12.C4H8F2/c1-5(2)4-6(3,7)8;1-4(2)3-5(6)7;1-5(2)4-6-3;1-4-5(2)3;1-3(2)4(5)6/h5H,4H2,1-3H3;4-5H,3H2,1-2H3;5H,4H2,1-3H3;5H,4H2,1-3H3;3-4H,1-2H3. The van der Waals surface area contributed by atoms with E-state index < -0.39 is 24.7 Å². The minimum atomic E-state index is -2.48. The minimum absolute atomic E-state index is 0.00694. The first kappa shape index (κ1) is 41.8. The van der Waals surface area contributed by atoms with E-state index in [1.807, 2.05) is 0 Å². The van der Waals surface area contributed by atoms with Gasteiger partial charge in [-0.3, -0.25) is 0 Å². The zero-order valence-corrected chi connectivity index (χ0v) is 23.0. The van der Waals surface area contributed by atoms with Gasteiger partial charge < -0.3 is 4.74 Å². The van der Waals surface area contributed by atoms with Crippen LogP contribution in [0.15, 0.2) is 0 Å². The first-order valence-electron chi connectivity index (χ1n) is 11.7. The molecule has 0 aliphatic heterocycles. The van der Waals surface area contributed by atoms with Crippen molar-refractivity contribution in [3.8, 4) is 0 Å². The summed E-state index contributed by atoms with van der Waals surface area (Å²) in [7, 11) is 1.72. The largest absolute Gasteiger partial charge is 0.384 e. The predicted molar refractivity (Wildman–Crippen MR) is 128 cm³/mol. The highest BCUT2D eigenvalue weighted by atomic mass is 19.3. The molecule has 0 heterocycles.